The highest BCUT2D eigenvalue weighted by molar-refractivity contribution is 7.89. The first-order valence-corrected chi connectivity index (χ1v) is 9.46. The van der Waals surface area contributed by atoms with Crippen molar-refractivity contribution in [1.82, 2.24) is 4.31 Å². The van der Waals surface area contributed by atoms with Crippen molar-refractivity contribution < 1.29 is 22.3 Å². The standard InChI is InChI=1S/C18H21FN2O4S/c1-25-18(22)16-9-8-15(19)12-17(16)26(23,24)21(11-5-10-20)13-14-6-3-2-4-7-14/h2-4,6-9,12H,5,10-11,13,20H2,1H3. The normalized spacial score (nSPS) is 11.5. The van der Waals surface area contributed by atoms with Crippen LogP contribution in [-0.4, -0.2) is 38.9 Å². The monoisotopic (exact) mass is 380 g/mol. The number of sulfonamides is 1. The van der Waals surface area contributed by atoms with Crippen molar-refractivity contribution in [2.75, 3.05) is 20.2 Å². The Morgan fingerprint density at radius 3 is 2.50 bits per heavy atom. The van der Waals surface area contributed by atoms with Crippen LogP contribution >= 0.6 is 0 Å². The number of rotatable bonds is 8. The Balaban J connectivity index is 2.49. The highest BCUT2D eigenvalue weighted by Gasteiger charge is 2.30. The maximum Gasteiger partial charge on any atom is 0.339 e. The van der Waals surface area contributed by atoms with Crippen LogP contribution in [0.15, 0.2) is 53.4 Å². The first-order valence-electron chi connectivity index (χ1n) is 8.02. The van der Waals surface area contributed by atoms with Crippen molar-refractivity contribution in [2.45, 2.75) is 17.9 Å². The molecule has 0 fully saturated rings. The summed E-state index contributed by atoms with van der Waals surface area (Å²) in [5.41, 5.74) is 6.08. The summed E-state index contributed by atoms with van der Waals surface area (Å²) in [5, 5.41) is 0. The molecule has 0 unspecified atom stereocenters. The van der Waals surface area contributed by atoms with Gasteiger partial charge in [0.1, 0.15) is 5.82 Å². The van der Waals surface area contributed by atoms with Crippen molar-refractivity contribution in [1.29, 1.82) is 0 Å². The zero-order chi connectivity index (χ0) is 19.2. The van der Waals surface area contributed by atoms with Gasteiger partial charge in [-0.2, -0.15) is 4.31 Å². The fourth-order valence-electron chi connectivity index (χ4n) is 2.47. The number of ether oxygens (including phenoxy) is 1. The number of carbonyl (C=O) groups is 1. The number of hydrogen-bond donors (Lipinski definition) is 1. The number of nitrogens with two attached hydrogens (primary N) is 1. The SMILES string of the molecule is COC(=O)c1ccc(F)cc1S(=O)(=O)N(CCCN)Cc1ccccc1. The molecule has 0 spiro atoms. The first kappa shape index (κ1) is 20.0. The minimum Gasteiger partial charge on any atom is -0.465 e. The number of methoxy groups -OCH3 is 1. The van der Waals surface area contributed by atoms with Crippen LogP contribution in [0.25, 0.3) is 0 Å². The van der Waals surface area contributed by atoms with Gasteiger partial charge in [0, 0.05) is 13.1 Å². The predicted molar refractivity (Wildman–Crippen MR) is 95.4 cm³/mol. The summed E-state index contributed by atoms with van der Waals surface area (Å²) in [6.07, 6.45) is 0.426. The predicted octanol–water partition coefficient (Wildman–Crippen LogP) is 2.15. The van der Waals surface area contributed by atoms with Gasteiger partial charge in [-0.25, -0.2) is 17.6 Å². The molecule has 2 rings (SSSR count). The molecule has 26 heavy (non-hydrogen) atoms. The van der Waals surface area contributed by atoms with E-state index in [4.69, 9.17) is 5.73 Å². The van der Waals surface area contributed by atoms with Gasteiger partial charge in [0.2, 0.25) is 10.0 Å². The number of halogens is 1. The summed E-state index contributed by atoms with van der Waals surface area (Å²) in [4.78, 5) is 11.5. The summed E-state index contributed by atoms with van der Waals surface area (Å²) < 4.78 is 45.8. The molecule has 0 bridgehead atoms. The molecule has 0 radical (unpaired) electrons. The van der Waals surface area contributed by atoms with Gasteiger partial charge in [0.05, 0.1) is 17.6 Å². The Hall–Kier alpha value is -2.29. The van der Waals surface area contributed by atoms with Crippen LogP contribution in [0.2, 0.25) is 0 Å². The molecule has 2 aromatic rings. The molecule has 0 aliphatic carbocycles. The lowest BCUT2D eigenvalue weighted by atomic mass is 10.2. The molecule has 0 saturated carbocycles. The summed E-state index contributed by atoms with van der Waals surface area (Å²) in [5.74, 6) is -1.60. The van der Waals surface area contributed by atoms with E-state index in [-0.39, 0.29) is 18.7 Å². The van der Waals surface area contributed by atoms with Crippen molar-refractivity contribution in [3.63, 3.8) is 0 Å². The van der Waals surface area contributed by atoms with Gasteiger partial charge >= 0.3 is 5.97 Å². The molecule has 0 aliphatic rings. The fraction of sp³-hybridized carbons (Fsp3) is 0.278. The minimum absolute atomic E-state index is 0.0836. The van der Waals surface area contributed by atoms with E-state index in [9.17, 15) is 17.6 Å². The Bertz CT molecular complexity index is 857. The number of hydrogen-bond acceptors (Lipinski definition) is 5. The Labute approximate surface area is 152 Å². The van der Waals surface area contributed by atoms with Gasteiger partial charge in [0.15, 0.2) is 0 Å². The number of benzene rings is 2. The molecule has 0 saturated heterocycles. The number of nitrogens with zero attached hydrogens (tertiary/aromatic N) is 1. The molecular formula is C18H21FN2O4S. The second-order valence-corrected chi connectivity index (χ2v) is 7.50. The van der Waals surface area contributed by atoms with E-state index in [1.54, 1.807) is 24.3 Å². The van der Waals surface area contributed by atoms with E-state index < -0.39 is 26.7 Å². The van der Waals surface area contributed by atoms with Crippen molar-refractivity contribution in [3.05, 3.63) is 65.5 Å². The van der Waals surface area contributed by atoms with Gasteiger partial charge < -0.3 is 10.5 Å². The van der Waals surface area contributed by atoms with E-state index in [0.29, 0.717) is 13.0 Å². The third kappa shape index (κ3) is 4.66. The quantitative estimate of drug-likeness (QED) is 0.709. The van der Waals surface area contributed by atoms with E-state index >= 15 is 0 Å². The summed E-state index contributed by atoms with van der Waals surface area (Å²) >= 11 is 0. The molecule has 2 aromatic carbocycles. The molecule has 0 heterocycles. The average molecular weight is 380 g/mol. The van der Waals surface area contributed by atoms with E-state index in [0.717, 1.165) is 30.9 Å². The van der Waals surface area contributed by atoms with Crippen LogP contribution in [0.4, 0.5) is 4.39 Å². The van der Waals surface area contributed by atoms with Crippen LogP contribution in [0, 0.1) is 5.82 Å². The molecular weight excluding hydrogens is 359 g/mol. The highest BCUT2D eigenvalue weighted by Crippen LogP contribution is 2.24. The van der Waals surface area contributed by atoms with Crippen LogP contribution in [-0.2, 0) is 21.3 Å². The zero-order valence-electron chi connectivity index (χ0n) is 14.4. The highest BCUT2D eigenvalue weighted by atomic mass is 32.2. The Kier molecular flexibility index (Phi) is 6.84. The smallest absolute Gasteiger partial charge is 0.339 e. The van der Waals surface area contributed by atoms with Crippen LogP contribution in [0.1, 0.15) is 22.3 Å². The summed E-state index contributed by atoms with van der Waals surface area (Å²) in [7, 11) is -3.01. The van der Waals surface area contributed by atoms with Gasteiger partial charge in [-0.3, -0.25) is 0 Å². The van der Waals surface area contributed by atoms with Gasteiger partial charge in [-0.15, -0.1) is 0 Å². The molecule has 0 amide bonds. The van der Waals surface area contributed by atoms with E-state index in [1.165, 1.54) is 4.31 Å². The Morgan fingerprint density at radius 2 is 1.88 bits per heavy atom. The van der Waals surface area contributed by atoms with Gasteiger partial charge in [-0.05, 0) is 36.7 Å². The van der Waals surface area contributed by atoms with E-state index in [1.807, 2.05) is 6.07 Å². The van der Waals surface area contributed by atoms with Crippen LogP contribution in [0.3, 0.4) is 0 Å². The van der Waals surface area contributed by atoms with Gasteiger partial charge in [-0.1, -0.05) is 30.3 Å². The summed E-state index contributed by atoms with van der Waals surface area (Å²) in [6, 6.07) is 12.0. The van der Waals surface area contributed by atoms with Crippen molar-refractivity contribution in [3.8, 4) is 0 Å². The minimum atomic E-state index is -4.14. The molecule has 8 heteroatoms. The van der Waals surface area contributed by atoms with Crippen molar-refractivity contribution >= 4 is 16.0 Å². The van der Waals surface area contributed by atoms with Crippen molar-refractivity contribution in [2.24, 2.45) is 5.73 Å². The lowest BCUT2D eigenvalue weighted by molar-refractivity contribution is 0.0596. The second-order valence-electron chi connectivity index (χ2n) is 5.60. The van der Waals surface area contributed by atoms with E-state index in [2.05, 4.69) is 4.74 Å². The summed E-state index contributed by atoms with van der Waals surface area (Å²) in [6.45, 7) is 0.527. The molecule has 0 aromatic heterocycles. The topological polar surface area (TPSA) is 89.7 Å². The second kappa shape index (κ2) is 8.88. The molecule has 2 N–H and O–H groups in total. The third-order valence-corrected chi connectivity index (χ3v) is 5.67. The lowest BCUT2D eigenvalue weighted by Crippen LogP contribution is -2.33. The maximum absolute atomic E-state index is 13.7. The van der Waals surface area contributed by atoms with Gasteiger partial charge in [0.25, 0.3) is 0 Å². The molecule has 0 atom stereocenters. The third-order valence-electron chi connectivity index (χ3n) is 3.78. The molecule has 140 valence electrons. The lowest BCUT2D eigenvalue weighted by Gasteiger charge is -2.23. The maximum atomic E-state index is 13.7. The largest absolute Gasteiger partial charge is 0.465 e. The first-order chi connectivity index (χ1) is 12.4. The molecule has 6 nitrogen and oxygen atoms in total. The average Bonchev–Trinajstić information content (AvgIpc) is 2.65. The number of esters is 1. The fourth-order valence-corrected chi connectivity index (χ4v) is 4.12. The van der Waals surface area contributed by atoms with Crippen LogP contribution in [0.5, 0.6) is 0 Å². The number of carbonyl (C=O) groups excluding carboxylic acids is 1. The molecule has 0 aliphatic heterocycles. The van der Waals surface area contributed by atoms with Crippen LogP contribution < -0.4 is 5.73 Å². The zero-order valence-corrected chi connectivity index (χ0v) is 15.2. The Morgan fingerprint density at radius 1 is 1.19 bits per heavy atom.